The molecule has 1 unspecified atom stereocenters. The van der Waals surface area contributed by atoms with Crippen LogP contribution in [0, 0.1) is 0 Å². The first kappa shape index (κ1) is 12.1. The monoisotopic (exact) mass is 203 g/mol. The Balaban J connectivity index is 4.60. The molecule has 0 fully saturated rings. The van der Waals surface area contributed by atoms with Crippen molar-refractivity contribution in [2.24, 2.45) is 0 Å². The Morgan fingerprint density at radius 2 is 1.71 bits per heavy atom. The van der Waals surface area contributed by atoms with Gasteiger partial charge in [-0.25, -0.2) is 9.59 Å². The average molecular weight is 203 g/mol. The number of carboxylic acid groups (broad SMARTS) is 2. The molecule has 0 aliphatic rings. The van der Waals surface area contributed by atoms with Crippen LogP contribution in [0.1, 0.15) is 0 Å². The van der Waals surface area contributed by atoms with Crippen molar-refractivity contribution in [2.45, 2.75) is 12.1 Å². The van der Waals surface area contributed by atoms with Gasteiger partial charge in [0.15, 0.2) is 12.1 Å². The number of carboxylic acids is 2. The summed E-state index contributed by atoms with van der Waals surface area (Å²) >= 11 is 0. The summed E-state index contributed by atoms with van der Waals surface area (Å²) in [5.74, 6) is -4.26. The second-order valence-electron chi connectivity index (χ2n) is 2.31. The smallest absolute Gasteiger partial charge is 0.335 e. The third-order valence-corrected chi connectivity index (χ3v) is 1.32. The number of hydrogen-bond acceptors (Lipinski definition) is 4. The van der Waals surface area contributed by atoms with Gasteiger partial charge in [0.05, 0.1) is 0 Å². The molecule has 0 radical (unpaired) electrons. The zero-order valence-corrected chi connectivity index (χ0v) is 7.01. The lowest BCUT2D eigenvalue weighted by Gasteiger charge is -2.15. The first-order chi connectivity index (χ1) is 6.40. The van der Waals surface area contributed by atoms with Crippen molar-refractivity contribution in [3.63, 3.8) is 0 Å². The average Bonchev–Trinajstić information content (AvgIpc) is 2.11. The van der Waals surface area contributed by atoms with Crippen molar-refractivity contribution < 1.29 is 29.7 Å². The van der Waals surface area contributed by atoms with Gasteiger partial charge >= 0.3 is 11.9 Å². The van der Waals surface area contributed by atoms with Crippen LogP contribution < -0.4 is 5.32 Å². The molecule has 0 bridgehead atoms. The van der Waals surface area contributed by atoms with Crippen molar-refractivity contribution in [3.05, 3.63) is 12.7 Å². The van der Waals surface area contributed by atoms with Crippen LogP contribution in [0.4, 0.5) is 0 Å². The predicted molar refractivity (Wildman–Crippen MR) is 43.4 cm³/mol. The van der Waals surface area contributed by atoms with Crippen molar-refractivity contribution >= 4 is 17.8 Å². The number of amides is 1. The van der Waals surface area contributed by atoms with Crippen molar-refractivity contribution in [1.29, 1.82) is 0 Å². The number of hydrogen-bond donors (Lipinski definition) is 4. The first-order valence-corrected chi connectivity index (χ1v) is 3.46. The number of aliphatic hydroxyl groups is 1. The zero-order chi connectivity index (χ0) is 11.3. The Bertz CT molecular complexity index is 273. The number of aliphatic hydroxyl groups excluding tert-OH is 1. The van der Waals surface area contributed by atoms with Gasteiger partial charge in [0.25, 0.3) is 0 Å². The van der Waals surface area contributed by atoms with Gasteiger partial charge in [0, 0.05) is 0 Å². The molecule has 7 heteroatoms. The summed E-state index contributed by atoms with van der Waals surface area (Å²) in [6.45, 7) is 3.04. The summed E-state index contributed by atoms with van der Waals surface area (Å²) in [5.41, 5.74) is 0. The topological polar surface area (TPSA) is 124 Å². The van der Waals surface area contributed by atoms with Gasteiger partial charge in [-0.3, -0.25) is 4.79 Å². The second kappa shape index (κ2) is 4.97. The summed E-state index contributed by atoms with van der Waals surface area (Å²) in [6, 6.07) is -1.89. The largest absolute Gasteiger partial charge is 0.480 e. The van der Waals surface area contributed by atoms with Crippen LogP contribution in [0.3, 0.4) is 0 Å². The van der Waals surface area contributed by atoms with E-state index < -0.39 is 30.0 Å². The highest BCUT2D eigenvalue weighted by Crippen LogP contribution is 1.95. The lowest BCUT2D eigenvalue weighted by atomic mass is 10.1. The highest BCUT2D eigenvalue weighted by molar-refractivity contribution is 5.93. The first-order valence-electron chi connectivity index (χ1n) is 3.46. The molecule has 0 saturated heterocycles. The van der Waals surface area contributed by atoms with Crippen LogP contribution in [0.2, 0.25) is 0 Å². The van der Waals surface area contributed by atoms with E-state index in [2.05, 4.69) is 6.58 Å². The van der Waals surface area contributed by atoms with Crippen LogP contribution in [0.5, 0.6) is 0 Å². The Morgan fingerprint density at radius 3 is 2.00 bits per heavy atom. The van der Waals surface area contributed by atoms with Crippen molar-refractivity contribution in [1.82, 2.24) is 5.32 Å². The van der Waals surface area contributed by atoms with E-state index in [1.54, 1.807) is 5.32 Å². The maximum atomic E-state index is 10.7. The molecule has 4 N–H and O–H groups in total. The molecule has 1 amide bonds. The third kappa shape index (κ3) is 3.23. The molecule has 0 aromatic carbocycles. The van der Waals surface area contributed by atoms with Crippen LogP contribution in [-0.4, -0.2) is 45.3 Å². The minimum atomic E-state index is -2.20. The quantitative estimate of drug-likeness (QED) is 0.390. The van der Waals surface area contributed by atoms with E-state index >= 15 is 0 Å². The van der Waals surface area contributed by atoms with Gasteiger partial charge in [-0.1, -0.05) is 6.58 Å². The maximum Gasteiger partial charge on any atom is 0.335 e. The molecular weight excluding hydrogens is 194 g/mol. The fraction of sp³-hybridized carbons (Fsp3) is 0.286. The summed E-state index contributed by atoms with van der Waals surface area (Å²) in [6.07, 6.45) is -1.43. The SMILES string of the molecule is C=CC(=O)N[C@H](C(=O)O)C(O)C(=O)O. The molecule has 0 aromatic heterocycles. The summed E-state index contributed by atoms with van der Waals surface area (Å²) in [5, 5.41) is 27.4. The van der Waals surface area contributed by atoms with Gasteiger partial charge < -0.3 is 20.6 Å². The summed E-state index contributed by atoms with van der Waals surface area (Å²) in [7, 11) is 0. The molecule has 14 heavy (non-hydrogen) atoms. The van der Waals surface area contributed by atoms with E-state index in [4.69, 9.17) is 15.3 Å². The number of carbonyl (C=O) groups excluding carboxylic acids is 1. The molecule has 78 valence electrons. The molecular formula is C7H9NO6. The van der Waals surface area contributed by atoms with Crippen LogP contribution in [0.15, 0.2) is 12.7 Å². The Kier molecular flexibility index (Phi) is 4.30. The molecule has 0 aromatic rings. The van der Waals surface area contributed by atoms with Gasteiger partial charge in [0.2, 0.25) is 5.91 Å². The second-order valence-corrected chi connectivity index (χ2v) is 2.31. The van der Waals surface area contributed by atoms with Crippen LogP contribution in [0.25, 0.3) is 0 Å². The number of rotatable bonds is 5. The van der Waals surface area contributed by atoms with E-state index in [1.165, 1.54) is 0 Å². The van der Waals surface area contributed by atoms with E-state index in [0.717, 1.165) is 6.08 Å². The number of nitrogens with one attached hydrogen (secondary N) is 1. The Hall–Kier alpha value is -1.89. The van der Waals surface area contributed by atoms with Gasteiger partial charge in [0.1, 0.15) is 0 Å². The highest BCUT2D eigenvalue weighted by Gasteiger charge is 2.32. The van der Waals surface area contributed by atoms with Gasteiger partial charge in [-0.2, -0.15) is 0 Å². The van der Waals surface area contributed by atoms with Gasteiger partial charge in [-0.05, 0) is 6.08 Å². The Morgan fingerprint density at radius 1 is 1.21 bits per heavy atom. The molecule has 0 aliphatic heterocycles. The predicted octanol–water partition coefficient (Wildman–Crippen LogP) is -1.81. The molecule has 0 heterocycles. The maximum absolute atomic E-state index is 10.7. The lowest BCUT2D eigenvalue weighted by Crippen LogP contribution is -2.51. The molecule has 0 saturated carbocycles. The fourth-order valence-electron chi connectivity index (χ4n) is 0.630. The van der Waals surface area contributed by atoms with Gasteiger partial charge in [-0.15, -0.1) is 0 Å². The van der Waals surface area contributed by atoms with Crippen molar-refractivity contribution in [3.8, 4) is 0 Å². The van der Waals surface area contributed by atoms with E-state index in [9.17, 15) is 14.4 Å². The Labute approximate surface area is 78.7 Å². The molecule has 0 spiro atoms. The minimum absolute atomic E-state index is 0.768. The minimum Gasteiger partial charge on any atom is -0.480 e. The summed E-state index contributed by atoms with van der Waals surface area (Å²) < 4.78 is 0. The number of carbonyl (C=O) groups is 3. The molecule has 7 nitrogen and oxygen atoms in total. The molecule has 0 aliphatic carbocycles. The van der Waals surface area contributed by atoms with Crippen LogP contribution >= 0.6 is 0 Å². The normalized spacial score (nSPS) is 13.8. The van der Waals surface area contributed by atoms with E-state index in [0.29, 0.717) is 0 Å². The zero-order valence-electron chi connectivity index (χ0n) is 7.01. The lowest BCUT2D eigenvalue weighted by molar-refractivity contribution is -0.156. The van der Waals surface area contributed by atoms with E-state index in [1.807, 2.05) is 0 Å². The fourth-order valence-corrected chi connectivity index (χ4v) is 0.630. The number of aliphatic carboxylic acids is 2. The molecule has 2 atom stereocenters. The third-order valence-electron chi connectivity index (χ3n) is 1.32. The molecule has 0 rings (SSSR count). The van der Waals surface area contributed by atoms with Crippen molar-refractivity contribution in [2.75, 3.05) is 0 Å². The van der Waals surface area contributed by atoms with Crippen LogP contribution in [-0.2, 0) is 14.4 Å². The summed E-state index contributed by atoms with van der Waals surface area (Å²) in [4.78, 5) is 31.3. The standard InChI is InChI=1S/C7H9NO6/c1-2-3(9)8-4(6(11)12)5(10)7(13)14/h2,4-5,10H,1H2,(H,8,9)(H,11,12)(H,13,14)/t4-,5?/m0/s1. The highest BCUT2D eigenvalue weighted by atomic mass is 16.4. The van der Waals surface area contributed by atoms with E-state index in [-0.39, 0.29) is 0 Å².